The second-order valence-corrected chi connectivity index (χ2v) is 5.89. The van der Waals surface area contributed by atoms with Crippen LogP contribution in [0, 0.1) is 11.3 Å². The van der Waals surface area contributed by atoms with E-state index in [1.54, 1.807) is 12.1 Å². The van der Waals surface area contributed by atoms with E-state index in [1.165, 1.54) is 0 Å². The normalized spacial score (nSPS) is 25.4. The van der Waals surface area contributed by atoms with Gasteiger partial charge in [0.15, 0.2) is 0 Å². The number of nitrogens with zero attached hydrogens (tertiary/aromatic N) is 1. The Balaban J connectivity index is 2.00. The minimum atomic E-state index is -0.893. The maximum atomic E-state index is 12.1. The molecule has 3 unspecified atom stereocenters. The lowest BCUT2D eigenvalue weighted by Gasteiger charge is -2.13. The monoisotopic (exact) mass is 249 g/mol. The maximum absolute atomic E-state index is 12.1. The number of ether oxygens (including phenoxy) is 1. The smallest absolute Gasteiger partial charge is 0.0991 e. The minimum absolute atomic E-state index is 0.0919. The quantitative estimate of drug-likeness (QED) is 0.823. The van der Waals surface area contributed by atoms with Gasteiger partial charge in [-0.25, -0.2) is 0 Å². The van der Waals surface area contributed by atoms with Crippen molar-refractivity contribution in [3.05, 3.63) is 35.4 Å². The van der Waals surface area contributed by atoms with Gasteiger partial charge < -0.3 is 4.74 Å². The van der Waals surface area contributed by atoms with Gasteiger partial charge in [-0.3, -0.25) is 4.21 Å². The Labute approximate surface area is 104 Å². The van der Waals surface area contributed by atoms with E-state index in [1.807, 2.05) is 19.1 Å². The van der Waals surface area contributed by atoms with Gasteiger partial charge >= 0.3 is 0 Å². The van der Waals surface area contributed by atoms with E-state index in [0.29, 0.717) is 17.9 Å². The molecular weight excluding hydrogens is 234 g/mol. The van der Waals surface area contributed by atoms with Gasteiger partial charge in [-0.1, -0.05) is 12.1 Å². The van der Waals surface area contributed by atoms with Crippen molar-refractivity contribution >= 4 is 10.8 Å². The van der Waals surface area contributed by atoms with Crippen LogP contribution in [0.4, 0.5) is 0 Å². The summed E-state index contributed by atoms with van der Waals surface area (Å²) in [6.45, 7) is 2.69. The molecule has 4 heteroatoms. The van der Waals surface area contributed by atoms with Crippen molar-refractivity contribution in [3.8, 4) is 6.07 Å². The topological polar surface area (TPSA) is 50.1 Å². The third kappa shape index (κ3) is 2.93. The molecule has 1 aliphatic heterocycles. The lowest BCUT2D eigenvalue weighted by atomic mass is 10.2. The van der Waals surface area contributed by atoms with Gasteiger partial charge in [0, 0.05) is 23.2 Å². The van der Waals surface area contributed by atoms with Gasteiger partial charge in [-0.15, -0.1) is 0 Å². The summed E-state index contributed by atoms with van der Waals surface area (Å²) < 4.78 is 17.6. The van der Waals surface area contributed by atoms with Crippen LogP contribution in [-0.4, -0.2) is 22.2 Å². The molecule has 0 spiro atoms. The summed E-state index contributed by atoms with van der Waals surface area (Å²) in [7, 11) is -0.893. The Morgan fingerprint density at radius 2 is 2.18 bits per heavy atom. The van der Waals surface area contributed by atoms with Gasteiger partial charge in [0.05, 0.1) is 23.0 Å². The molecule has 1 aromatic rings. The molecule has 0 aromatic heterocycles. The molecule has 0 radical (unpaired) electrons. The molecule has 1 aromatic carbocycles. The first-order valence-corrected chi connectivity index (χ1v) is 7.06. The molecule has 0 bridgehead atoms. The predicted octanol–water partition coefficient (Wildman–Crippen LogP) is 1.98. The van der Waals surface area contributed by atoms with E-state index in [4.69, 9.17) is 10.00 Å². The van der Waals surface area contributed by atoms with E-state index >= 15 is 0 Å². The van der Waals surface area contributed by atoms with Gasteiger partial charge in [0.25, 0.3) is 0 Å². The van der Waals surface area contributed by atoms with Crippen molar-refractivity contribution in [2.75, 3.05) is 6.61 Å². The van der Waals surface area contributed by atoms with Crippen molar-refractivity contribution < 1.29 is 8.95 Å². The molecule has 1 saturated heterocycles. The molecule has 3 atom stereocenters. The predicted molar refractivity (Wildman–Crippen MR) is 66.8 cm³/mol. The Bertz CT molecular complexity index is 449. The molecule has 1 fully saturated rings. The molecule has 0 saturated carbocycles. The summed E-state index contributed by atoms with van der Waals surface area (Å²) in [6.07, 6.45) is 0.971. The zero-order valence-corrected chi connectivity index (χ0v) is 10.6. The number of rotatable bonds is 3. The molecule has 1 heterocycles. The first kappa shape index (κ1) is 12.3. The van der Waals surface area contributed by atoms with Crippen LogP contribution in [0.2, 0.25) is 0 Å². The second-order valence-electron chi connectivity index (χ2n) is 4.24. The van der Waals surface area contributed by atoms with Crippen LogP contribution in [0.5, 0.6) is 0 Å². The number of hydrogen-bond donors (Lipinski definition) is 0. The molecule has 3 nitrogen and oxygen atoms in total. The fourth-order valence-corrected chi connectivity index (χ4v) is 3.60. The Morgan fingerprint density at radius 1 is 1.47 bits per heavy atom. The number of hydrogen-bond acceptors (Lipinski definition) is 3. The molecule has 90 valence electrons. The summed E-state index contributed by atoms with van der Waals surface area (Å²) >= 11 is 0. The molecule has 0 aliphatic carbocycles. The standard InChI is InChI=1S/C13H15NO2S/c1-10-13(6-7-16-10)17(15)9-12-4-2-11(8-14)3-5-12/h2-5,10,13H,6-7,9H2,1H3. The lowest BCUT2D eigenvalue weighted by molar-refractivity contribution is 0.127. The number of benzene rings is 1. The number of nitriles is 1. The Kier molecular flexibility index (Phi) is 3.93. The molecule has 0 amide bonds. The van der Waals surface area contributed by atoms with Crippen LogP contribution in [0.1, 0.15) is 24.5 Å². The summed E-state index contributed by atoms with van der Waals surface area (Å²) in [5, 5.41) is 8.84. The largest absolute Gasteiger partial charge is 0.377 e. The van der Waals surface area contributed by atoms with Crippen molar-refractivity contribution in [3.63, 3.8) is 0 Å². The third-order valence-electron chi connectivity index (χ3n) is 3.04. The van der Waals surface area contributed by atoms with E-state index in [0.717, 1.165) is 12.0 Å². The first-order chi connectivity index (χ1) is 8.20. The third-order valence-corrected chi connectivity index (χ3v) is 4.95. The Hall–Kier alpha value is -1.18. The summed E-state index contributed by atoms with van der Waals surface area (Å²) in [5.41, 5.74) is 1.65. The average molecular weight is 249 g/mol. The van der Waals surface area contributed by atoms with Crippen molar-refractivity contribution in [1.82, 2.24) is 0 Å². The maximum Gasteiger partial charge on any atom is 0.0991 e. The van der Waals surface area contributed by atoms with Crippen molar-refractivity contribution in [2.24, 2.45) is 0 Å². The highest BCUT2D eigenvalue weighted by molar-refractivity contribution is 7.84. The Morgan fingerprint density at radius 3 is 2.71 bits per heavy atom. The average Bonchev–Trinajstić information content (AvgIpc) is 2.76. The summed E-state index contributed by atoms with van der Waals surface area (Å²) in [4.78, 5) is 0. The fourth-order valence-electron chi connectivity index (χ4n) is 2.00. The first-order valence-electron chi connectivity index (χ1n) is 5.68. The summed E-state index contributed by atoms with van der Waals surface area (Å²) in [5.74, 6) is 0.546. The summed E-state index contributed by atoms with van der Waals surface area (Å²) in [6, 6.07) is 9.35. The van der Waals surface area contributed by atoms with E-state index in [9.17, 15) is 4.21 Å². The van der Waals surface area contributed by atoms with E-state index in [2.05, 4.69) is 6.07 Å². The van der Waals surface area contributed by atoms with Crippen LogP contribution in [0.25, 0.3) is 0 Å². The van der Waals surface area contributed by atoms with E-state index in [-0.39, 0.29) is 11.4 Å². The molecule has 17 heavy (non-hydrogen) atoms. The van der Waals surface area contributed by atoms with E-state index < -0.39 is 10.8 Å². The minimum Gasteiger partial charge on any atom is -0.377 e. The van der Waals surface area contributed by atoms with Crippen LogP contribution < -0.4 is 0 Å². The van der Waals surface area contributed by atoms with Gasteiger partial charge in [0.1, 0.15) is 0 Å². The fraction of sp³-hybridized carbons (Fsp3) is 0.462. The zero-order chi connectivity index (χ0) is 12.3. The molecule has 2 rings (SSSR count). The van der Waals surface area contributed by atoms with Gasteiger partial charge in [0.2, 0.25) is 0 Å². The highest BCUT2D eigenvalue weighted by atomic mass is 32.2. The van der Waals surface area contributed by atoms with Crippen LogP contribution in [0.15, 0.2) is 24.3 Å². The second kappa shape index (κ2) is 5.44. The molecular formula is C13H15NO2S. The van der Waals surface area contributed by atoms with Gasteiger partial charge in [-0.05, 0) is 31.0 Å². The van der Waals surface area contributed by atoms with Crippen molar-refractivity contribution in [1.29, 1.82) is 5.26 Å². The van der Waals surface area contributed by atoms with Crippen LogP contribution in [-0.2, 0) is 21.3 Å². The SMILES string of the molecule is CC1OCCC1S(=O)Cc1ccc(C#N)cc1. The van der Waals surface area contributed by atoms with Crippen molar-refractivity contribution in [2.45, 2.75) is 30.5 Å². The lowest BCUT2D eigenvalue weighted by Crippen LogP contribution is -2.24. The van der Waals surface area contributed by atoms with Gasteiger partial charge in [-0.2, -0.15) is 5.26 Å². The molecule has 1 aliphatic rings. The highest BCUT2D eigenvalue weighted by Gasteiger charge is 2.29. The highest BCUT2D eigenvalue weighted by Crippen LogP contribution is 2.21. The van der Waals surface area contributed by atoms with Crippen LogP contribution in [0.3, 0.4) is 0 Å². The zero-order valence-electron chi connectivity index (χ0n) is 9.76. The molecule has 0 N–H and O–H groups in total. The van der Waals surface area contributed by atoms with Crippen LogP contribution >= 0.6 is 0 Å².